The van der Waals surface area contributed by atoms with E-state index in [0.29, 0.717) is 12.1 Å². The number of nitrogens with zero attached hydrogens (tertiary/aromatic N) is 1. The molecule has 1 heterocycles. The van der Waals surface area contributed by atoms with Gasteiger partial charge in [-0.15, -0.1) is 0 Å². The highest BCUT2D eigenvalue weighted by Crippen LogP contribution is 2.29. The Labute approximate surface area is 138 Å². The predicted molar refractivity (Wildman–Crippen MR) is 95.6 cm³/mol. The molecule has 0 bridgehead atoms. The molecular formula is C18H22N2O2S. The van der Waals surface area contributed by atoms with E-state index in [9.17, 15) is 8.42 Å². The molecule has 0 amide bonds. The van der Waals surface area contributed by atoms with Crippen molar-refractivity contribution in [1.82, 2.24) is 0 Å². The normalized spacial score (nSPS) is 13.9. The van der Waals surface area contributed by atoms with Gasteiger partial charge in [0.25, 0.3) is 0 Å². The minimum absolute atomic E-state index is 0.134. The average Bonchev–Trinajstić information content (AvgIpc) is 2.89. The number of fused-ring (bicyclic) bond motifs is 1. The van der Waals surface area contributed by atoms with E-state index in [1.54, 1.807) is 0 Å². The second-order valence-electron chi connectivity index (χ2n) is 6.03. The number of sulfonamides is 1. The third-order valence-corrected chi connectivity index (χ3v) is 5.58. The number of rotatable bonds is 6. The number of hydrogen-bond acceptors (Lipinski definition) is 3. The second kappa shape index (κ2) is 6.62. The van der Waals surface area contributed by atoms with Gasteiger partial charge < -0.3 is 4.90 Å². The number of likely N-dealkylation sites (N-methyl/N-ethyl adjacent to an activating group) is 1. The number of anilines is 2. The Balaban J connectivity index is 1.59. The zero-order chi connectivity index (χ0) is 16.3. The van der Waals surface area contributed by atoms with Crippen molar-refractivity contribution in [1.29, 1.82) is 0 Å². The van der Waals surface area contributed by atoms with Crippen LogP contribution in [-0.4, -0.2) is 27.8 Å². The molecule has 1 aliphatic rings. The monoisotopic (exact) mass is 330 g/mol. The van der Waals surface area contributed by atoms with Crippen molar-refractivity contribution < 1.29 is 8.42 Å². The van der Waals surface area contributed by atoms with E-state index in [1.165, 1.54) is 11.1 Å². The van der Waals surface area contributed by atoms with Crippen LogP contribution in [0, 0.1) is 0 Å². The molecule has 0 atom stereocenters. The van der Waals surface area contributed by atoms with Crippen molar-refractivity contribution in [3.63, 3.8) is 0 Å². The van der Waals surface area contributed by atoms with Crippen LogP contribution in [0.25, 0.3) is 0 Å². The molecule has 0 saturated carbocycles. The van der Waals surface area contributed by atoms with Gasteiger partial charge in [0.2, 0.25) is 10.0 Å². The van der Waals surface area contributed by atoms with Crippen LogP contribution in [0.1, 0.15) is 17.5 Å². The first kappa shape index (κ1) is 15.9. The maximum atomic E-state index is 12.2. The lowest BCUT2D eigenvalue weighted by atomic mass is 10.1. The van der Waals surface area contributed by atoms with Gasteiger partial charge in [-0.1, -0.05) is 36.4 Å². The van der Waals surface area contributed by atoms with E-state index in [4.69, 9.17) is 0 Å². The summed E-state index contributed by atoms with van der Waals surface area (Å²) in [5.74, 6) is 0.134. The highest BCUT2D eigenvalue weighted by Gasteiger charge is 2.17. The summed E-state index contributed by atoms with van der Waals surface area (Å²) in [6.45, 7) is 0.989. The Bertz CT molecular complexity index is 773. The fourth-order valence-corrected chi connectivity index (χ4v) is 4.06. The number of nitrogens with one attached hydrogen (secondary N) is 1. The summed E-state index contributed by atoms with van der Waals surface area (Å²) < 4.78 is 27.2. The van der Waals surface area contributed by atoms with Crippen LogP contribution in [0.3, 0.4) is 0 Å². The zero-order valence-corrected chi connectivity index (χ0v) is 14.1. The Kier molecular flexibility index (Phi) is 4.57. The van der Waals surface area contributed by atoms with Crippen molar-refractivity contribution in [3.8, 4) is 0 Å². The molecule has 0 aromatic heterocycles. The molecule has 4 nitrogen and oxygen atoms in total. The third-order valence-electron chi connectivity index (χ3n) is 4.21. The van der Waals surface area contributed by atoms with Crippen molar-refractivity contribution in [2.24, 2.45) is 0 Å². The van der Waals surface area contributed by atoms with Crippen LogP contribution in [0.2, 0.25) is 0 Å². The van der Waals surface area contributed by atoms with Crippen LogP contribution in [0.5, 0.6) is 0 Å². The van der Waals surface area contributed by atoms with Gasteiger partial charge in [0.1, 0.15) is 0 Å². The van der Waals surface area contributed by atoms with Crippen LogP contribution < -0.4 is 9.62 Å². The van der Waals surface area contributed by atoms with Gasteiger partial charge in [0.05, 0.1) is 11.4 Å². The largest absolute Gasteiger partial charge is 0.374 e. The summed E-state index contributed by atoms with van der Waals surface area (Å²) in [5, 5.41) is 0. The molecule has 23 heavy (non-hydrogen) atoms. The Morgan fingerprint density at radius 3 is 2.70 bits per heavy atom. The second-order valence-corrected chi connectivity index (χ2v) is 7.87. The van der Waals surface area contributed by atoms with E-state index in [-0.39, 0.29) is 5.75 Å². The van der Waals surface area contributed by atoms with Gasteiger partial charge in [0, 0.05) is 19.3 Å². The summed E-state index contributed by atoms with van der Waals surface area (Å²) in [5.41, 5.74) is 4.22. The maximum absolute atomic E-state index is 12.2. The lowest BCUT2D eigenvalue weighted by Gasteiger charge is -2.14. The number of aryl methyl sites for hydroxylation is 1. The van der Waals surface area contributed by atoms with Crippen molar-refractivity contribution in [2.75, 3.05) is 29.0 Å². The van der Waals surface area contributed by atoms with Gasteiger partial charge >= 0.3 is 0 Å². The Morgan fingerprint density at radius 1 is 1.13 bits per heavy atom. The molecule has 1 N–H and O–H groups in total. The molecular weight excluding hydrogens is 308 g/mol. The first-order valence-corrected chi connectivity index (χ1v) is 9.57. The number of hydrogen-bond donors (Lipinski definition) is 1. The quantitative estimate of drug-likeness (QED) is 0.885. The lowest BCUT2D eigenvalue weighted by molar-refractivity contribution is 0.598. The molecule has 0 aliphatic carbocycles. The minimum atomic E-state index is -3.31. The van der Waals surface area contributed by atoms with Gasteiger partial charge in [-0.3, -0.25) is 4.72 Å². The van der Waals surface area contributed by atoms with Gasteiger partial charge in [-0.05, 0) is 42.5 Å². The molecule has 122 valence electrons. The van der Waals surface area contributed by atoms with E-state index >= 15 is 0 Å². The lowest BCUT2D eigenvalue weighted by Crippen LogP contribution is -2.17. The molecule has 5 heteroatoms. The van der Waals surface area contributed by atoms with E-state index in [2.05, 4.69) is 9.62 Å². The molecule has 2 aromatic carbocycles. The SMILES string of the molecule is CN1CCc2ccc(NS(=O)(=O)CCCc3ccccc3)cc21. The van der Waals surface area contributed by atoms with Gasteiger partial charge in [0.15, 0.2) is 0 Å². The molecule has 0 spiro atoms. The van der Waals surface area contributed by atoms with Crippen molar-refractivity contribution in [3.05, 3.63) is 59.7 Å². The predicted octanol–water partition coefficient (Wildman–Crippen LogP) is 3.05. The van der Waals surface area contributed by atoms with Crippen LogP contribution >= 0.6 is 0 Å². The molecule has 0 saturated heterocycles. The summed E-state index contributed by atoms with van der Waals surface area (Å²) >= 11 is 0. The first-order chi connectivity index (χ1) is 11.0. The van der Waals surface area contributed by atoms with E-state index in [1.807, 2.05) is 55.6 Å². The molecule has 1 aliphatic heterocycles. The standard InChI is InChI=1S/C18H22N2O2S/c1-20-12-11-16-9-10-17(14-18(16)20)19-23(21,22)13-5-8-15-6-3-2-4-7-15/h2-4,6-7,9-10,14,19H,5,8,11-13H2,1H3. The van der Waals surface area contributed by atoms with Crippen LogP contribution in [0.15, 0.2) is 48.5 Å². The fourth-order valence-electron chi connectivity index (χ4n) is 2.94. The summed E-state index contributed by atoms with van der Waals surface area (Å²) in [6, 6.07) is 15.8. The van der Waals surface area contributed by atoms with Crippen molar-refractivity contribution in [2.45, 2.75) is 19.3 Å². The molecule has 0 fully saturated rings. The van der Waals surface area contributed by atoms with Gasteiger partial charge in [-0.2, -0.15) is 0 Å². The highest BCUT2D eigenvalue weighted by atomic mass is 32.2. The average molecular weight is 330 g/mol. The third kappa shape index (κ3) is 4.05. The maximum Gasteiger partial charge on any atom is 0.232 e. The van der Waals surface area contributed by atoms with Crippen molar-refractivity contribution >= 4 is 21.4 Å². The smallest absolute Gasteiger partial charge is 0.232 e. The number of benzene rings is 2. The summed E-state index contributed by atoms with van der Waals surface area (Å²) in [4.78, 5) is 2.16. The van der Waals surface area contributed by atoms with E-state index < -0.39 is 10.0 Å². The Morgan fingerprint density at radius 2 is 1.91 bits per heavy atom. The molecule has 3 rings (SSSR count). The Hall–Kier alpha value is -2.01. The molecule has 0 radical (unpaired) electrons. The van der Waals surface area contributed by atoms with E-state index in [0.717, 1.165) is 25.1 Å². The van der Waals surface area contributed by atoms with Gasteiger partial charge in [-0.25, -0.2) is 8.42 Å². The topological polar surface area (TPSA) is 49.4 Å². The minimum Gasteiger partial charge on any atom is -0.374 e. The van der Waals surface area contributed by atoms with Crippen LogP contribution in [-0.2, 0) is 22.9 Å². The highest BCUT2D eigenvalue weighted by molar-refractivity contribution is 7.92. The molecule has 0 unspecified atom stereocenters. The molecule has 2 aromatic rings. The van der Waals surface area contributed by atoms with Crippen LogP contribution in [0.4, 0.5) is 11.4 Å². The summed E-state index contributed by atoms with van der Waals surface area (Å²) in [6.07, 6.45) is 2.41. The fraction of sp³-hybridized carbons (Fsp3) is 0.333. The first-order valence-electron chi connectivity index (χ1n) is 7.92. The zero-order valence-electron chi connectivity index (χ0n) is 13.3. The summed E-state index contributed by atoms with van der Waals surface area (Å²) in [7, 11) is -1.28.